The third-order valence-corrected chi connectivity index (χ3v) is 2.73. The summed E-state index contributed by atoms with van der Waals surface area (Å²) in [5.74, 6) is 0. The zero-order valence-corrected chi connectivity index (χ0v) is 8.95. The van der Waals surface area contributed by atoms with Crippen molar-refractivity contribution >= 4 is 6.09 Å². The molecule has 0 aliphatic heterocycles. The monoisotopic (exact) mass is 216 g/mol. The first kappa shape index (κ1) is 12.3. The highest BCUT2D eigenvalue weighted by Gasteiger charge is 2.20. The van der Waals surface area contributed by atoms with Crippen molar-refractivity contribution in [2.45, 2.75) is 44.2 Å². The average molecular weight is 216 g/mol. The topological polar surface area (TPSA) is 84.6 Å². The van der Waals surface area contributed by atoms with E-state index in [1.54, 1.807) is 0 Å². The summed E-state index contributed by atoms with van der Waals surface area (Å²) in [6.45, 7) is 0.809. The zero-order valence-electron chi connectivity index (χ0n) is 8.95. The minimum Gasteiger partial charge on any atom is -0.448 e. The lowest BCUT2D eigenvalue weighted by Gasteiger charge is -2.21. The van der Waals surface area contributed by atoms with Crippen LogP contribution in [0.4, 0.5) is 4.79 Å². The molecule has 0 aromatic heterocycles. The van der Waals surface area contributed by atoms with Gasteiger partial charge in [0.05, 0.1) is 6.10 Å². The Morgan fingerprint density at radius 2 is 2.13 bits per heavy atom. The van der Waals surface area contributed by atoms with Crippen molar-refractivity contribution in [3.05, 3.63) is 0 Å². The molecule has 2 unspecified atom stereocenters. The van der Waals surface area contributed by atoms with E-state index < -0.39 is 6.09 Å². The second-order valence-corrected chi connectivity index (χ2v) is 3.93. The highest BCUT2D eigenvalue weighted by molar-refractivity contribution is 5.64. The van der Waals surface area contributed by atoms with Gasteiger partial charge in [-0.25, -0.2) is 4.79 Å². The fourth-order valence-electron chi connectivity index (χ4n) is 1.92. The minimum absolute atomic E-state index is 0.129. The normalized spacial score (nSPS) is 27.0. The third-order valence-electron chi connectivity index (χ3n) is 2.73. The molecule has 1 rings (SSSR count). The van der Waals surface area contributed by atoms with Crippen LogP contribution < -0.4 is 11.1 Å². The molecule has 0 radical (unpaired) electrons. The molecule has 2 atom stereocenters. The Morgan fingerprint density at radius 3 is 2.87 bits per heavy atom. The third kappa shape index (κ3) is 4.99. The largest absolute Gasteiger partial charge is 0.448 e. The molecule has 1 amide bonds. The molecule has 1 aliphatic rings. The van der Waals surface area contributed by atoms with E-state index in [2.05, 4.69) is 10.1 Å². The Hall–Kier alpha value is -0.810. The average Bonchev–Trinajstić information content (AvgIpc) is 2.38. The van der Waals surface area contributed by atoms with Gasteiger partial charge in [0.25, 0.3) is 0 Å². The number of hydrogen-bond donors (Lipinski definition) is 3. The lowest BCUT2D eigenvalue weighted by molar-refractivity contribution is 0.113. The molecule has 1 fully saturated rings. The number of aliphatic hydroxyl groups is 1. The van der Waals surface area contributed by atoms with E-state index in [0.717, 1.165) is 25.7 Å². The molecular formula is C10H20N2O3. The molecule has 5 heteroatoms. The predicted octanol–water partition coefficient (Wildman–Crippen LogP) is 0.365. The highest BCUT2D eigenvalue weighted by Crippen LogP contribution is 2.17. The predicted molar refractivity (Wildman–Crippen MR) is 56.4 cm³/mol. The maximum atomic E-state index is 10.3. The van der Waals surface area contributed by atoms with Crippen molar-refractivity contribution < 1.29 is 14.6 Å². The van der Waals surface area contributed by atoms with E-state index in [1.165, 1.54) is 6.42 Å². The summed E-state index contributed by atoms with van der Waals surface area (Å²) >= 11 is 0. The van der Waals surface area contributed by atoms with Crippen molar-refractivity contribution in [1.29, 1.82) is 0 Å². The second-order valence-electron chi connectivity index (χ2n) is 3.93. The second kappa shape index (κ2) is 6.63. The number of nitrogens with one attached hydrogen (secondary N) is 1. The van der Waals surface area contributed by atoms with Gasteiger partial charge < -0.3 is 20.9 Å². The summed E-state index contributed by atoms with van der Waals surface area (Å²) in [4.78, 5) is 10.3. The number of amides is 1. The van der Waals surface area contributed by atoms with Crippen molar-refractivity contribution in [2.75, 3.05) is 13.2 Å². The van der Waals surface area contributed by atoms with Crippen LogP contribution in [-0.2, 0) is 4.74 Å². The smallest absolute Gasteiger partial charge is 0.404 e. The number of aliphatic hydroxyl groups excluding tert-OH is 1. The summed E-state index contributed by atoms with van der Waals surface area (Å²) in [5, 5.41) is 12.9. The van der Waals surface area contributed by atoms with Gasteiger partial charge >= 0.3 is 6.09 Å². The minimum atomic E-state index is -0.752. The SMILES string of the molecule is NC(=O)OCCNC1CCCCCC1O. The van der Waals surface area contributed by atoms with Crippen molar-refractivity contribution in [3.8, 4) is 0 Å². The molecule has 88 valence electrons. The lowest BCUT2D eigenvalue weighted by Crippen LogP contribution is -2.41. The summed E-state index contributed by atoms with van der Waals surface area (Å²) < 4.78 is 4.59. The number of ether oxygens (including phenoxy) is 1. The van der Waals surface area contributed by atoms with Crippen LogP contribution in [0.15, 0.2) is 0 Å². The van der Waals surface area contributed by atoms with E-state index in [0.29, 0.717) is 6.54 Å². The number of hydrogen-bond acceptors (Lipinski definition) is 4. The van der Waals surface area contributed by atoms with Gasteiger partial charge in [-0.2, -0.15) is 0 Å². The molecule has 0 heterocycles. The Balaban J connectivity index is 2.15. The maximum Gasteiger partial charge on any atom is 0.404 e. The van der Waals surface area contributed by atoms with Gasteiger partial charge in [-0.15, -0.1) is 0 Å². The Morgan fingerprint density at radius 1 is 1.40 bits per heavy atom. The first-order valence-electron chi connectivity index (χ1n) is 5.54. The van der Waals surface area contributed by atoms with E-state index >= 15 is 0 Å². The van der Waals surface area contributed by atoms with Crippen molar-refractivity contribution in [2.24, 2.45) is 5.73 Å². The number of carbonyl (C=O) groups is 1. The van der Waals surface area contributed by atoms with Gasteiger partial charge in [-0.3, -0.25) is 0 Å². The lowest BCUT2D eigenvalue weighted by atomic mass is 10.1. The molecule has 4 N–H and O–H groups in total. The maximum absolute atomic E-state index is 10.3. The standard InChI is InChI=1S/C10H20N2O3/c11-10(14)15-7-6-12-8-4-2-1-3-5-9(8)13/h8-9,12-13H,1-7H2,(H2,11,14). The van der Waals surface area contributed by atoms with Gasteiger partial charge in [0.15, 0.2) is 0 Å². The highest BCUT2D eigenvalue weighted by atomic mass is 16.5. The molecule has 0 aromatic carbocycles. The fourth-order valence-corrected chi connectivity index (χ4v) is 1.92. The Labute approximate surface area is 90.0 Å². The Kier molecular flexibility index (Phi) is 5.42. The van der Waals surface area contributed by atoms with Gasteiger partial charge in [-0.05, 0) is 12.8 Å². The Bertz CT molecular complexity index is 199. The van der Waals surface area contributed by atoms with Crippen molar-refractivity contribution in [3.63, 3.8) is 0 Å². The van der Waals surface area contributed by atoms with Crippen LogP contribution >= 0.6 is 0 Å². The van der Waals surface area contributed by atoms with E-state index in [-0.39, 0.29) is 18.8 Å². The molecule has 0 saturated heterocycles. The molecular weight excluding hydrogens is 196 g/mol. The van der Waals surface area contributed by atoms with E-state index in [1.807, 2.05) is 0 Å². The van der Waals surface area contributed by atoms with Gasteiger partial charge in [0, 0.05) is 12.6 Å². The van der Waals surface area contributed by atoms with Gasteiger partial charge in [-0.1, -0.05) is 19.3 Å². The molecule has 0 aromatic rings. The molecule has 0 spiro atoms. The van der Waals surface area contributed by atoms with Crippen LogP contribution in [0.1, 0.15) is 32.1 Å². The van der Waals surface area contributed by atoms with Crippen LogP contribution in [-0.4, -0.2) is 36.5 Å². The van der Waals surface area contributed by atoms with Crippen LogP contribution in [0, 0.1) is 0 Å². The van der Waals surface area contributed by atoms with E-state index in [4.69, 9.17) is 5.73 Å². The quantitative estimate of drug-likeness (QED) is 0.468. The first-order valence-corrected chi connectivity index (χ1v) is 5.54. The number of nitrogens with two attached hydrogens (primary N) is 1. The summed E-state index contributed by atoms with van der Waals surface area (Å²) in [6, 6.07) is 0.129. The molecule has 5 nitrogen and oxygen atoms in total. The molecule has 1 aliphatic carbocycles. The summed E-state index contributed by atoms with van der Waals surface area (Å²) in [6.07, 6.45) is 4.24. The van der Waals surface area contributed by atoms with Gasteiger partial charge in [0.2, 0.25) is 0 Å². The van der Waals surface area contributed by atoms with E-state index in [9.17, 15) is 9.90 Å². The van der Waals surface area contributed by atoms with Crippen molar-refractivity contribution in [1.82, 2.24) is 5.32 Å². The summed E-state index contributed by atoms with van der Waals surface area (Å²) in [7, 11) is 0. The van der Waals surface area contributed by atoms with Crippen LogP contribution in [0.5, 0.6) is 0 Å². The van der Waals surface area contributed by atoms with Crippen LogP contribution in [0.25, 0.3) is 0 Å². The fraction of sp³-hybridized carbons (Fsp3) is 0.900. The van der Waals surface area contributed by atoms with Gasteiger partial charge in [0.1, 0.15) is 6.61 Å². The molecule has 1 saturated carbocycles. The number of carbonyl (C=O) groups excluding carboxylic acids is 1. The zero-order chi connectivity index (χ0) is 11.1. The molecule has 15 heavy (non-hydrogen) atoms. The van der Waals surface area contributed by atoms with Crippen LogP contribution in [0.3, 0.4) is 0 Å². The summed E-state index contributed by atoms with van der Waals surface area (Å²) in [5.41, 5.74) is 4.83. The molecule has 0 bridgehead atoms. The first-order chi connectivity index (χ1) is 7.20. The number of rotatable bonds is 4. The van der Waals surface area contributed by atoms with Crippen LogP contribution in [0.2, 0.25) is 0 Å². The number of primary amides is 1.